The van der Waals surface area contributed by atoms with Gasteiger partial charge in [-0.1, -0.05) is 35.4 Å². The average Bonchev–Trinajstić information content (AvgIpc) is 2.76. The number of halogens is 1. The molecular formula is C17H14ClN3O2. The molecule has 1 amide bonds. The van der Waals surface area contributed by atoms with Crippen LogP contribution in [0.5, 0.6) is 5.88 Å². The number of rotatable bonds is 2. The van der Waals surface area contributed by atoms with Crippen LogP contribution in [0.3, 0.4) is 0 Å². The van der Waals surface area contributed by atoms with Gasteiger partial charge in [-0.05, 0) is 31.2 Å². The molecule has 0 spiro atoms. The van der Waals surface area contributed by atoms with Gasteiger partial charge in [-0.3, -0.25) is 4.79 Å². The third kappa shape index (κ3) is 2.71. The van der Waals surface area contributed by atoms with E-state index in [9.17, 15) is 9.90 Å². The highest BCUT2D eigenvalue weighted by atomic mass is 35.5. The molecule has 6 heteroatoms. The van der Waals surface area contributed by atoms with Crippen LogP contribution < -0.4 is 0 Å². The summed E-state index contributed by atoms with van der Waals surface area (Å²) in [5.41, 5.74) is 2.38. The van der Waals surface area contributed by atoms with Crippen molar-refractivity contribution in [3.63, 3.8) is 0 Å². The van der Waals surface area contributed by atoms with E-state index in [1.807, 2.05) is 25.1 Å². The number of carbonyl (C=O) groups is 1. The lowest BCUT2D eigenvalue weighted by Crippen LogP contribution is -1.94. The van der Waals surface area contributed by atoms with Crippen LogP contribution in [-0.2, 0) is 7.05 Å². The second kappa shape index (κ2) is 5.85. The molecule has 0 radical (unpaired) electrons. The zero-order chi connectivity index (χ0) is 16.6. The Morgan fingerprint density at radius 3 is 2.70 bits per heavy atom. The number of benzene rings is 2. The van der Waals surface area contributed by atoms with Gasteiger partial charge in [-0.25, -0.2) is 0 Å². The predicted octanol–water partition coefficient (Wildman–Crippen LogP) is 4.77. The number of hydrogen-bond acceptors (Lipinski definition) is 3. The average molecular weight is 328 g/mol. The van der Waals surface area contributed by atoms with Gasteiger partial charge >= 0.3 is 0 Å². The van der Waals surface area contributed by atoms with Crippen molar-refractivity contribution in [3.05, 3.63) is 58.6 Å². The van der Waals surface area contributed by atoms with Gasteiger partial charge in [0.2, 0.25) is 5.88 Å². The Morgan fingerprint density at radius 2 is 1.96 bits per heavy atom. The van der Waals surface area contributed by atoms with Crippen molar-refractivity contribution < 1.29 is 9.90 Å². The largest absolute Gasteiger partial charge is 0.493 e. The Kier molecular flexibility index (Phi) is 3.88. The first-order chi connectivity index (χ1) is 11.0. The Balaban J connectivity index is 2.05. The molecule has 0 unspecified atom stereocenters. The Labute approximate surface area is 137 Å². The summed E-state index contributed by atoms with van der Waals surface area (Å²) in [7, 11) is 1.72. The lowest BCUT2D eigenvalue weighted by Gasteiger charge is -1.97. The van der Waals surface area contributed by atoms with Gasteiger partial charge in [0.15, 0.2) is 5.69 Å². The molecule has 2 aromatic carbocycles. The molecule has 0 aliphatic rings. The van der Waals surface area contributed by atoms with Gasteiger partial charge in [-0.15, -0.1) is 10.2 Å². The minimum atomic E-state index is -0.556. The third-order valence-corrected chi connectivity index (χ3v) is 3.97. The zero-order valence-electron chi connectivity index (χ0n) is 12.6. The van der Waals surface area contributed by atoms with E-state index in [1.165, 1.54) is 0 Å². The highest BCUT2D eigenvalue weighted by Crippen LogP contribution is 2.38. The fourth-order valence-electron chi connectivity index (χ4n) is 2.41. The van der Waals surface area contributed by atoms with Crippen molar-refractivity contribution >= 4 is 34.1 Å². The van der Waals surface area contributed by atoms with Crippen molar-refractivity contribution in [2.24, 2.45) is 17.3 Å². The Hall–Kier alpha value is -2.66. The number of aromatic nitrogens is 1. The van der Waals surface area contributed by atoms with Crippen LogP contribution in [0.25, 0.3) is 10.9 Å². The third-order valence-electron chi connectivity index (χ3n) is 3.64. The van der Waals surface area contributed by atoms with Crippen molar-refractivity contribution in [2.75, 3.05) is 0 Å². The number of hydrogen-bond donors (Lipinski definition) is 1. The molecule has 116 valence electrons. The Bertz CT molecular complexity index is 944. The maximum absolute atomic E-state index is 12.1. The Morgan fingerprint density at radius 1 is 1.22 bits per heavy atom. The van der Waals surface area contributed by atoms with Crippen LogP contribution in [0.4, 0.5) is 5.69 Å². The monoisotopic (exact) mass is 327 g/mol. The lowest BCUT2D eigenvalue weighted by atomic mass is 10.1. The van der Waals surface area contributed by atoms with Crippen molar-refractivity contribution in [1.29, 1.82) is 0 Å². The molecule has 1 N–H and O–H groups in total. The summed E-state index contributed by atoms with van der Waals surface area (Å²) in [6.45, 7) is 1.94. The predicted molar refractivity (Wildman–Crippen MR) is 89.6 cm³/mol. The first-order valence-electron chi connectivity index (χ1n) is 6.97. The van der Waals surface area contributed by atoms with Crippen LogP contribution in [0.15, 0.2) is 52.7 Å². The molecular weight excluding hydrogens is 314 g/mol. The summed E-state index contributed by atoms with van der Waals surface area (Å²) in [6, 6.07) is 12.4. The summed E-state index contributed by atoms with van der Waals surface area (Å²) < 4.78 is 1.60. The standard InChI is InChI=1S/C17H14ClN3O2/c1-10-7-8-14-12(9-10)15(17(23)21(14)2)19-20-16(22)11-5-3-4-6-13(11)18/h3-9,23H,1-2H3. The van der Waals surface area contributed by atoms with Gasteiger partial charge in [0.25, 0.3) is 5.91 Å². The van der Waals surface area contributed by atoms with Gasteiger partial charge in [-0.2, -0.15) is 0 Å². The van der Waals surface area contributed by atoms with E-state index in [0.717, 1.165) is 16.5 Å². The summed E-state index contributed by atoms with van der Waals surface area (Å²) in [4.78, 5) is 12.1. The molecule has 0 aliphatic heterocycles. The van der Waals surface area contributed by atoms with Gasteiger partial charge in [0.1, 0.15) is 0 Å². The van der Waals surface area contributed by atoms with E-state index in [1.54, 1.807) is 35.9 Å². The number of azo groups is 1. The molecule has 5 nitrogen and oxygen atoms in total. The van der Waals surface area contributed by atoms with Crippen LogP contribution in [-0.4, -0.2) is 15.6 Å². The van der Waals surface area contributed by atoms with Gasteiger partial charge in [0.05, 0.1) is 16.1 Å². The van der Waals surface area contributed by atoms with Crippen molar-refractivity contribution in [1.82, 2.24) is 4.57 Å². The molecule has 0 aliphatic carbocycles. The lowest BCUT2D eigenvalue weighted by molar-refractivity contribution is 0.0995. The molecule has 23 heavy (non-hydrogen) atoms. The van der Waals surface area contributed by atoms with E-state index in [-0.39, 0.29) is 17.1 Å². The smallest absolute Gasteiger partial charge is 0.296 e. The second-order valence-electron chi connectivity index (χ2n) is 5.24. The second-order valence-corrected chi connectivity index (χ2v) is 5.64. The molecule has 0 saturated heterocycles. The minimum absolute atomic E-state index is 0.0405. The fourth-order valence-corrected chi connectivity index (χ4v) is 2.62. The molecule has 0 saturated carbocycles. The van der Waals surface area contributed by atoms with E-state index in [2.05, 4.69) is 10.2 Å². The molecule has 0 bridgehead atoms. The first-order valence-corrected chi connectivity index (χ1v) is 7.35. The summed E-state index contributed by atoms with van der Waals surface area (Å²) >= 11 is 5.98. The number of aromatic hydroxyl groups is 1. The van der Waals surface area contributed by atoms with Crippen LogP contribution in [0.1, 0.15) is 15.9 Å². The zero-order valence-corrected chi connectivity index (χ0v) is 13.4. The fraction of sp³-hybridized carbons (Fsp3) is 0.118. The number of fused-ring (bicyclic) bond motifs is 1. The molecule has 0 fully saturated rings. The normalized spacial score (nSPS) is 11.4. The number of amides is 1. The SMILES string of the molecule is Cc1ccc2c(c1)c(N=NC(=O)c1ccccc1Cl)c(O)n2C. The van der Waals surface area contributed by atoms with Crippen LogP contribution in [0, 0.1) is 6.92 Å². The van der Waals surface area contributed by atoms with Crippen molar-refractivity contribution in [2.45, 2.75) is 6.92 Å². The van der Waals surface area contributed by atoms with E-state index >= 15 is 0 Å². The molecule has 1 heterocycles. The molecule has 0 atom stereocenters. The summed E-state index contributed by atoms with van der Waals surface area (Å²) in [6.07, 6.45) is 0. The number of aryl methyl sites for hydroxylation is 2. The minimum Gasteiger partial charge on any atom is -0.493 e. The van der Waals surface area contributed by atoms with Crippen LogP contribution in [0.2, 0.25) is 5.02 Å². The van der Waals surface area contributed by atoms with Crippen LogP contribution >= 0.6 is 11.6 Å². The van der Waals surface area contributed by atoms with Gasteiger partial charge in [0, 0.05) is 12.4 Å². The highest BCUT2D eigenvalue weighted by molar-refractivity contribution is 6.33. The first kappa shape index (κ1) is 15.2. The molecule has 1 aromatic heterocycles. The maximum atomic E-state index is 12.1. The number of nitrogens with zero attached hydrogens (tertiary/aromatic N) is 3. The highest BCUT2D eigenvalue weighted by Gasteiger charge is 2.15. The van der Waals surface area contributed by atoms with E-state index < -0.39 is 5.91 Å². The summed E-state index contributed by atoms with van der Waals surface area (Å²) in [5.74, 6) is -0.596. The van der Waals surface area contributed by atoms with E-state index in [0.29, 0.717) is 5.02 Å². The van der Waals surface area contributed by atoms with Gasteiger partial charge < -0.3 is 9.67 Å². The number of carbonyl (C=O) groups excluding carboxylic acids is 1. The molecule has 3 aromatic rings. The maximum Gasteiger partial charge on any atom is 0.296 e. The topological polar surface area (TPSA) is 66.9 Å². The van der Waals surface area contributed by atoms with Crippen molar-refractivity contribution in [3.8, 4) is 5.88 Å². The quantitative estimate of drug-likeness (QED) is 0.689. The van der Waals surface area contributed by atoms with E-state index in [4.69, 9.17) is 11.6 Å². The molecule has 3 rings (SSSR count). The summed E-state index contributed by atoms with van der Waals surface area (Å²) in [5, 5.41) is 18.9.